The van der Waals surface area contributed by atoms with E-state index in [1.807, 2.05) is 49.2 Å². The lowest BCUT2D eigenvalue weighted by Gasteiger charge is -2.36. The fraction of sp³-hybridized carbons (Fsp3) is 0.485. The third kappa shape index (κ3) is 7.63. The van der Waals surface area contributed by atoms with Crippen molar-refractivity contribution in [2.24, 2.45) is 5.92 Å². The molecule has 224 valence electrons. The maximum absolute atomic E-state index is 13.5. The minimum atomic E-state index is -1.10. The summed E-state index contributed by atoms with van der Waals surface area (Å²) in [4.78, 5) is 30.3. The number of ether oxygens (including phenoxy) is 2. The monoisotopic (exact) mass is 573 g/mol. The van der Waals surface area contributed by atoms with E-state index in [0.717, 1.165) is 54.6 Å². The zero-order valence-corrected chi connectivity index (χ0v) is 25.1. The van der Waals surface area contributed by atoms with Crippen molar-refractivity contribution in [3.05, 3.63) is 66.5 Å². The first-order valence-electron chi connectivity index (χ1n) is 15.0. The molecule has 2 N–H and O–H groups in total. The molecule has 9 heteroatoms. The van der Waals surface area contributed by atoms with Crippen LogP contribution in [-0.4, -0.2) is 64.5 Å². The summed E-state index contributed by atoms with van der Waals surface area (Å²) in [6.45, 7) is 10.0. The standard InChI is InChI=1S/C33H43N5O4/c1-23(2)22-41-31(39)33(3,4)42-30-9-5-8-29(17-30)37-16-6-7-27(21-37)36-32(40)38(28-14-15-28)20-24-10-12-25(13-11-24)26-18-34-35-19-26/h5,8-13,17-19,23,27-28H,6-7,14-16,20-22H2,1-4H3,(H,34,35)(H,36,40)/t27-/m1/s1. The van der Waals surface area contributed by atoms with Crippen LogP contribution in [0.4, 0.5) is 10.5 Å². The first-order chi connectivity index (χ1) is 20.2. The molecule has 5 rings (SSSR count). The van der Waals surface area contributed by atoms with Crippen molar-refractivity contribution >= 4 is 17.7 Å². The Morgan fingerprint density at radius 2 is 1.90 bits per heavy atom. The Labute approximate surface area is 248 Å². The second kappa shape index (κ2) is 12.9. The van der Waals surface area contributed by atoms with E-state index in [2.05, 4.69) is 44.7 Å². The highest BCUT2D eigenvalue weighted by Crippen LogP contribution is 2.30. The Hall–Kier alpha value is -4.01. The maximum Gasteiger partial charge on any atom is 0.349 e. The normalized spacial score (nSPS) is 17.2. The molecule has 0 spiro atoms. The number of anilines is 1. The van der Waals surface area contributed by atoms with Gasteiger partial charge in [0.15, 0.2) is 5.60 Å². The predicted octanol–water partition coefficient (Wildman–Crippen LogP) is 5.78. The van der Waals surface area contributed by atoms with Crippen LogP contribution in [0.3, 0.4) is 0 Å². The van der Waals surface area contributed by atoms with E-state index >= 15 is 0 Å². The molecule has 1 saturated carbocycles. The van der Waals surface area contributed by atoms with Gasteiger partial charge in [-0.25, -0.2) is 9.59 Å². The highest BCUT2D eigenvalue weighted by Gasteiger charge is 2.35. The van der Waals surface area contributed by atoms with E-state index in [1.165, 1.54) is 0 Å². The molecule has 2 aromatic carbocycles. The Kier molecular flexibility index (Phi) is 9.04. The van der Waals surface area contributed by atoms with Crippen LogP contribution in [0.1, 0.15) is 58.9 Å². The van der Waals surface area contributed by atoms with Crippen LogP contribution in [0.15, 0.2) is 60.9 Å². The van der Waals surface area contributed by atoms with Crippen molar-refractivity contribution in [1.29, 1.82) is 0 Å². The Morgan fingerprint density at radius 1 is 1.12 bits per heavy atom. The molecule has 2 aliphatic rings. The molecule has 42 heavy (non-hydrogen) atoms. The minimum Gasteiger partial charge on any atom is -0.476 e. The summed E-state index contributed by atoms with van der Waals surface area (Å²) >= 11 is 0. The number of aromatic nitrogens is 2. The molecule has 1 atom stereocenters. The molecule has 2 heterocycles. The molecule has 1 aromatic heterocycles. The fourth-order valence-electron chi connectivity index (χ4n) is 5.24. The van der Waals surface area contributed by atoms with Crippen molar-refractivity contribution in [2.45, 2.75) is 77.6 Å². The lowest BCUT2D eigenvalue weighted by molar-refractivity contribution is -0.160. The summed E-state index contributed by atoms with van der Waals surface area (Å²) < 4.78 is 11.5. The summed E-state index contributed by atoms with van der Waals surface area (Å²) in [7, 11) is 0. The Bertz CT molecular complexity index is 1330. The predicted molar refractivity (Wildman–Crippen MR) is 163 cm³/mol. The summed E-state index contributed by atoms with van der Waals surface area (Å²) in [5.74, 6) is 0.497. The van der Waals surface area contributed by atoms with Gasteiger partial charge in [0.05, 0.1) is 12.8 Å². The molecular weight excluding hydrogens is 530 g/mol. The molecular formula is C33H43N5O4. The van der Waals surface area contributed by atoms with Crippen LogP contribution in [0.25, 0.3) is 11.1 Å². The third-order valence-electron chi connectivity index (χ3n) is 7.73. The van der Waals surface area contributed by atoms with Crippen molar-refractivity contribution in [1.82, 2.24) is 20.4 Å². The summed E-state index contributed by atoms with van der Waals surface area (Å²) in [6, 6.07) is 16.5. The van der Waals surface area contributed by atoms with E-state index in [4.69, 9.17) is 9.47 Å². The van der Waals surface area contributed by atoms with Gasteiger partial charge in [0.1, 0.15) is 5.75 Å². The molecule has 0 radical (unpaired) electrons. The van der Waals surface area contributed by atoms with Gasteiger partial charge in [0.2, 0.25) is 0 Å². The number of amides is 2. The van der Waals surface area contributed by atoms with E-state index in [9.17, 15) is 9.59 Å². The quantitative estimate of drug-likeness (QED) is 0.282. The van der Waals surface area contributed by atoms with Gasteiger partial charge in [-0.15, -0.1) is 0 Å². The smallest absolute Gasteiger partial charge is 0.349 e. The summed E-state index contributed by atoms with van der Waals surface area (Å²) in [5, 5.41) is 10.2. The number of hydrogen-bond donors (Lipinski definition) is 2. The average Bonchev–Trinajstić information content (AvgIpc) is 3.67. The average molecular weight is 574 g/mol. The molecule has 2 amide bonds. The van der Waals surface area contributed by atoms with Crippen molar-refractivity contribution in [2.75, 3.05) is 24.6 Å². The minimum absolute atomic E-state index is 0.00186. The number of nitrogens with one attached hydrogen (secondary N) is 2. The van der Waals surface area contributed by atoms with Crippen LogP contribution in [-0.2, 0) is 16.1 Å². The molecule has 9 nitrogen and oxygen atoms in total. The molecule has 2 fully saturated rings. The number of aromatic amines is 1. The van der Waals surface area contributed by atoms with Gasteiger partial charge in [-0.3, -0.25) is 5.10 Å². The number of rotatable bonds is 11. The number of H-pyrrole nitrogens is 1. The first-order valence-corrected chi connectivity index (χ1v) is 15.0. The molecule has 0 unspecified atom stereocenters. The fourth-order valence-corrected chi connectivity index (χ4v) is 5.24. The molecule has 3 aromatic rings. The van der Waals surface area contributed by atoms with E-state index in [1.54, 1.807) is 20.0 Å². The molecule has 1 aliphatic heterocycles. The lowest BCUT2D eigenvalue weighted by Crippen LogP contribution is -2.52. The second-order valence-electron chi connectivity index (χ2n) is 12.4. The van der Waals surface area contributed by atoms with Crippen LogP contribution >= 0.6 is 0 Å². The van der Waals surface area contributed by atoms with Crippen molar-refractivity contribution in [3.8, 4) is 16.9 Å². The van der Waals surface area contributed by atoms with Crippen molar-refractivity contribution < 1.29 is 19.1 Å². The largest absolute Gasteiger partial charge is 0.476 e. The number of piperidine rings is 1. The topological polar surface area (TPSA) is 99.8 Å². The van der Waals surface area contributed by atoms with Crippen molar-refractivity contribution in [3.63, 3.8) is 0 Å². The lowest BCUT2D eigenvalue weighted by atomic mass is 10.0. The second-order valence-corrected chi connectivity index (χ2v) is 12.4. The van der Waals surface area contributed by atoms with Crippen LogP contribution < -0.4 is 15.0 Å². The zero-order valence-electron chi connectivity index (χ0n) is 25.1. The van der Waals surface area contributed by atoms with E-state index in [-0.39, 0.29) is 24.0 Å². The first kappa shape index (κ1) is 29.5. The molecule has 1 saturated heterocycles. The zero-order chi connectivity index (χ0) is 29.7. The highest BCUT2D eigenvalue weighted by atomic mass is 16.6. The van der Waals surface area contributed by atoms with E-state index in [0.29, 0.717) is 31.5 Å². The Morgan fingerprint density at radius 3 is 2.60 bits per heavy atom. The van der Waals surface area contributed by atoms with Gasteiger partial charge in [0.25, 0.3) is 0 Å². The third-order valence-corrected chi connectivity index (χ3v) is 7.73. The van der Waals surface area contributed by atoms with Gasteiger partial charge in [-0.05, 0) is 68.7 Å². The number of urea groups is 1. The number of carbonyl (C=O) groups is 2. The van der Waals surface area contributed by atoms with Gasteiger partial charge >= 0.3 is 12.0 Å². The number of carbonyl (C=O) groups excluding carboxylic acids is 2. The number of hydrogen-bond acceptors (Lipinski definition) is 6. The number of esters is 1. The number of benzene rings is 2. The van der Waals surface area contributed by atoms with E-state index < -0.39 is 5.60 Å². The Balaban J connectivity index is 1.18. The SMILES string of the molecule is CC(C)COC(=O)C(C)(C)Oc1cccc(N2CCC[C@@H](NC(=O)N(Cc3ccc(-c4cn[nH]c4)cc3)C3CC3)C2)c1. The summed E-state index contributed by atoms with van der Waals surface area (Å²) in [6.07, 6.45) is 7.69. The molecule has 1 aliphatic carbocycles. The summed E-state index contributed by atoms with van der Waals surface area (Å²) in [5.41, 5.74) is 3.17. The van der Waals surface area contributed by atoms with Crippen LogP contribution in [0, 0.1) is 5.92 Å². The van der Waals surface area contributed by atoms with Crippen LogP contribution in [0.5, 0.6) is 5.75 Å². The van der Waals surface area contributed by atoms with Gasteiger partial charge in [-0.1, -0.05) is 44.2 Å². The highest BCUT2D eigenvalue weighted by molar-refractivity contribution is 5.79. The number of nitrogens with zero attached hydrogens (tertiary/aromatic N) is 3. The molecule has 0 bridgehead atoms. The van der Waals surface area contributed by atoms with Crippen LogP contribution in [0.2, 0.25) is 0 Å². The van der Waals surface area contributed by atoms with Gasteiger partial charge in [0, 0.05) is 55.2 Å². The van der Waals surface area contributed by atoms with Gasteiger partial charge < -0.3 is 24.6 Å². The maximum atomic E-state index is 13.5. The van der Waals surface area contributed by atoms with Gasteiger partial charge in [-0.2, -0.15) is 5.10 Å².